The average molecular weight is 451 g/mol. The van der Waals surface area contributed by atoms with Crippen LogP contribution in [0.1, 0.15) is 162 Å². The Hall–Kier alpha value is -0.790. The fraction of sp³-hybridized carbons (Fsp3) is 0.900. The van der Waals surface area contributed by atoms with Gasteiger partial charge in [0.2, 0.25) is 0 Å². The number of unbranched alkanes of at least 4 members (excludes halogenated alkanes) is 20. The predicted octanol–water partition coefficient (Wildman–Crippen LogP) is 10.3. The van der Waals surface area contributed by atoms with Gasteiger partial charge in [-0.25, -0.2) is 4.79 Å². The Morgan fingerprint density at radius 1 is 0.625 bits per heavy atom. The maximum atomic E-state index is 11.4. The van der Waals surface area contributed by atoms with Crippen LogP contribution in [0.5, 0.6) is 0 Å². The summed E-state index contributed by atoms with van der Waals surface area (Å²) in [6.07, 6.45) is 31.0. The van der Waals surface area contributed by atoms with Gasteiger partial charge in [-0.15, -0.1) is 0 Å². The molecule has 0 aliphatic carbocycles. The van der Waals surface area contributed by atoms with Crippen LogP contribution in [0.15, 0.2) is 12.2 Å². The summed E-state index contributed by atoms with van der Waals surface area (Å²) in [4.78, 5) is 11.4. The van der Waals surface area contributed by atoms with Crippen molar-refractivity contribution in [1.82, 2.24) is 0 Å². The summed E-state index contributed by atoms with van der Waals surface area (Å²) < 4.78 is 5.22. The number of rotatable bonds is 25. The molecular formula is C30H58O2. The smallest absolute Gasteiger partial charge is 0.333 e. The SMILES string of the molecule is C=C(C)C(=O)OCC(C)CCCCCCCCCCCCCCCCCCCCCCC. The molecule has 0 aromatic heterocycles. The van der Waals surface area contributed by atoms with Crippen LogP contribution in [0.2, 0.25) is 0 Å². The lowest BCUT2D eigenvalue weighted by atomic mass is 10.0. The van der Waals surface area contributed by atoms with E-state index in [9.17, 15) is 4.79 Å². The van der Waals surface area contributed by atoms with E-state index in [0.717, 1.165) is 6.42 Å². The van der Waals surface area contributed by atoms with Crippen LogP contribution < -0.4 is 0 Å². The van der Waals surface area contributed by atoms with Gasteiger partial charge in [0.25, 0.3) is 0 Å². The molecule has 0 radical (unpaired) electrons. The fourth-order valence-corrected chi connectivity index (χ4v) is 4.35. The molecule has 0 bridgehead atoms. The highest BCUT2D eigenvalue weighted by Gasteiger charge is 2.07. The quantitative estimate of drug-likeness (QED) is 0.0785. The van der Waals surface area contributed by atoms with Crippen LogP contribution >= 0.6 is 0 Å². The van der Waals surface area contributed by atoms with Gasteiger partial charge in [-0.1, -0.05) is 155 Å². The van der Waals surface area contributed by atoms with E-state index in [0.29, 0.717) is 18.1 Å². The highest BCUT2D eigenvalue weighted by atomic mass is 16.5. The third-order valence-electron chi connectivity index (χ3n) is 6.65. The lowest BCUT2D eigenvalue weighted by molar-refractivity contribution is -0.140. The van der Waals surface area contributed by atoms with Crippen molar-refractivity contribution in [2.45, 2.75) is 162 Å². The van der Waals surface area contributed by atoms with E-state index < -0.39 is 0 Å². The maximum absolute atomic E-state index is 11.4. The second-order valence-electron chi connectivity index (χ2n) is 10.3. The lowest BCUT2D eigenvalue weighted by Gasteiger charge is -2.11. The van der Waals surface area contributed by atoms with Crippen molar-refractivity contribution in [3.05, 3.63) is 12.2 Å². The minimum Gasteiger partial charge on any atom is -0.462 e. The molecule has 190 valence electrons. The molecule has 0 fully saturated rings. The number of ether oxygens (including phenoxy) is 1. The number of hydrogen-bond acceptors (Lipinski definition) is 2. The molecule has 0 N–H and O–H groups in total. The average Bonchev–Trinajstić information content (AvgIpc) is 2.78. The number of carbonyl (C=O) groups is 1. The Balaban J connectivity index is 3.15. The fourth-order valence-electron chi connectivity index (χ4n) is 4.35. The van der Waals surface area contributed by atoms with E-state index in [1.807, 2.05) is 0 Å². The molecular weight excluding hydrogens is 392 g/mol. The lowest BCUT2D eigenvalue weighted by Crippen LogP contribution is -2.12. The summed E-state index contributed by atoms with van der Waals surface area (Å²) in [7, 11) is 0. The van der Waals surface area contributed by atoms with E-state index in [2.05, 4.69) is 20.4 Å². The summed E-state index contributed by atoms with van der Waals surface area (Å²) in [5.74, 6) is 0.203. The van der Waals surface area contributed by atoms with Crippen molar-refractivity contribution in [2.24, 2.45) is 5.92 Å². The zero-order chi connectivity index (χ0) is 23.7. The molecule has 0 amide bonds. The first-order valence-electron chi connectivity index (χ1n) is 14.4. The molecule has 0 saturated heterocycles. The van der Waals surface area contributed by atoms with Gasteiger partial charge in [-0.05, 0) is 19.3 Å². The topological polar surface area (TPSA) is 26.3 Å². The molecule has 32 heavy (non-hydrogen) atoms. The second-order valence-corrected chi connectivity index (χ2v) is 10.3. The Morgan fingerprint density at radius 3 is 1.25 bits per heavy atom. The monoisotopic (exact) mass is 450 g/mol. The van der Waals surface area contributed by atoms with Crippen molar-refractivity contribution in [1.29, 1.82) is 0 Å². The summed E-state index contributed by atoms with van der Waals surface area (Å²) >= 11 is 0. The molecule has 0 aromatic carbocycles. The van der Waals surface area contributed by atoms with E-state index >= 15 is 0 Å². The minimum atomic E-state index is -0.254. The molecule has 0 spiro atoms. The normalized spacial score (nSPS) is 12.1. The van der Waals surface area contributed by atoms with Crippen LogP contribution in [0.3, 0.4) is 0 Å². The van der Waals surface area contributed by atoms with Gasteiger partial charge in [0.05, 0.1) is 6.61 Å². The summed E-state index contributed by atoms with van der Waals surface area (Å²) in [5.41, 5.74) is 0.492. The summed E-state index contributed by atoms with van der Waals surface area (Å²) in [6.45, 7) is 10.3. The van der Waals surface area contributed by atoms with E-state index in [1.54, 1.807) is 6.92 Å². The van der Waals surface area contributed by atoms with E-state index in [4.69, 9.17) is 4.74 Å². The Kier molecular flexibility index (Phi) is 24.2. The third kappa shape index (κ3) is 23.9. The largest absolute Gasteiger partial charge is 0.462 e. The first-order chi connectivity index (χ1) is 15.6. The van der Waals surface area contributed by atoms with E-state index in [1.165, 1.54) is 135 Å². The van der Waals surface area contributed by atoms with Gasteiger partial charge in [0, 0.05) is 5.57 Å². The maximum Gasteiger partial charge on any atom is 0.333 e. The van der Waals surface area contributed by atoms with Gasteiger partial charge in [-0.3, -0.25) is 0 Å². The molecule has 0 heterocycles. The number of carbonyl (C=O) groups excluding carboxylic acids is 1. The van der Waals surface area contributed by atoms with Crippen molar-refractivity contribution in [3.8, 4) is 0 Å². The van der Waals surface area contributed by atoms with Crippen LogP contribution in [0.4, 0.5) is 0 Å². The number of hydrogen-bond donors (Lipinski definition) is 0. The Labute approximate surface area is 202 Å². The highest BCUT2D eigenvalue weighted by molar-refractivity contribution is 5.86. The minimum absolute atomic E-state index is 0.254. The molecule has 0 aliphatic rings. The zero-order valence-electron chi connectivity index (χ0n) is 22.4. The highest BCUT2D eigenvalue weighted by Crippen LogP contribution is 2.16. The summed E-state index contributed by atoms with van der Waals surface area (Å²) in [5, 5.41) is 0. The molecule has 2 nitrogen and oxygen atoms in total. The predicted molar refractivity (Wildman–Crippen MR) is 142 cm³/mol. The second kappa shape index (κ2) is 24.8. The van der Waals surface area contributed by atoms with Crippen molar-refractivity contribution in [3.63, 3.8) is 0 Å². The van der Waals surface area contributed by atoms with Gasteiger partial charge >= 0.3 is 5.97 Å². The third-order valence-corrected chi connectivity index (χ3v) is 6.65. The van der Waals surface area contributed by atoms with Gasteiger partial charge in [0.1, 0.15) is 0 Å². The molecule has 1 unspecified atom stereocenters. The molecule has 0 saturated carbocycles. The van der Waals surface area contributed by atoms with Gasteiger partial charge < -0.3 is 4.74 Å². The van der Waals surface area contributed by atoms with Crippen LogP contribution in [-0.2, 0) is 9.53 Å². The molecule has 0 aromatic rings. The zero-order valence-corrected chi connectivity index (χ0v) is 22.4. The van der Waals surface area contributed by atoms with Gasteiger partial charge in [-0.2, -0.15) is 0 Å². The standard InChI is InChI=1S/C30H58O2/c1-5-6-7-8-9-10-11-12-13-14-15-16-17-18-19-20-21-22-23-24-25-26-29(4)27-32-30(31)28(2)3/h29H,2,5-27H2,1,3-4H3. The van der Waals surface area contributed by atoms with Crippen molar-refractivity contribution >= 4 is 5.97 Å². The first kappa shape index (κ1) is 31.2. The van der Waals surface area contributed by atoms with E-state index in [-0.39, 0.29) is 5.97 Å². The van der Waals surface area contributed by atoms with Gasteiger partial charge in [0.15, 0.2) is 0 Å². The first-order valence-corrected chi connectivity index (χ1v) is 14.4. The Bertz CT molecular complexity index is 415. The van der Waals surface area contributed by atoms with Crippen molar-refractivity contribution < 1.29 is 9.53 Å². The molecule has 0 aliphatic heterocycles. The molecule has 2 heteroatoms. The molecule has 1 atom stereocenters. The van der Waals surface area contributed by atoms with Crippen LogP contribution in [0, 0.1) is 5.92 Å². The Morgan fingerprint density at radius 2 is 0.938 bits per heavy atom. The van der Waals surface area contributed by atoms with Crippen LogP contribution in [-0.4, -0.2) is 12.6 Å². The van der Waals surface area contributed by atoms with Crippen LogP contribution in [0.25, 0.3) is 0 Å². The summed E-state index contributed by atoms with van der Waals surface area (Å²) in [6, 6.07) is 0. The number of esters is 1. The van der Waals surface area contributed by atoms with Crippen molar-refractivity contribution in [2.75, 3.05) is 6.61 Å². The molecule has 0 rings (SSSR count).